The standard InChI is InChI=1S/C16H21N3O/c17-13-2-1-3-18-15(13)16(20)19-14-11-5-9-4-10(7-11)8-12(14)6-9/h1-3,9-12,14H,4-8,17H2,(H,19,20). The van der Waals surface area contributed by atoms with Gasteiger partial charge in [-0.2, -0.15) is 0 Å². The first-order chi connectivity index (χ1) is 9.70. The van der Waals surface area contributed by atoms with Crippen LogP contribution in [0.5, 0.6) is 0 Å². The average molecular weight is 271 g/mol. The average Bonchev–Trinajstić information content (AvgIpc) is 2.42. The highest BCUT2D eigenvalue weighted by Crippen LogP contribution is 2.53. The highest BCUT2D eigenvalue weighted by Gasteiger charge is 2.48. The maximum atomic E-state index is 12.4. The molecule has 0 spiro atoms. The third-order valence-corrected chi connectivity index (χ3v) is 5.58. The van der Waals surface area contributed by atoms with Gasteiger partial charge in [-0.25, -0.2) is 4.98 Å². The zero-order valence-electron chi connectivity index (χ0n) is 11.6. The molecule has 106 valence electrons. The van der Waals surface area contributed by atoms with Crippen molar-refractivity contribution in [3.05, 3.63) is 24.0 Å². The Balaban J connectivity index is 1.52. The van der Waals surface area contributed by atoms with Gasteiger partial charge in [-0.3, -0.25) is 4.79 Å². The van der Waals surface area contributed by atoms with Crippen LogP contribution in [-0.2, 0) is 0 Å². The summed E-state index contributed by atoms with van der Waals surface area (Å²) in [4.78, 5) is 16.5. The zero-order chi connectivity index (χ0) is 13.7. The van der Waals surface area contributed by atoms with Crippen molar-refractivity contribution in [2.24, 2.45) is 23.7 Å². The van der Waals surface area contributed by atoms with Gasteiger partial charge in [0.05, 0.1) is 5.69 Å². The van der Waals surface area contributed by atoms with Crippen LogP contribution in [0.15, 0.2) is 18.3 Å². The van der Waals surface area contributed by atoms with Crippen molar-refractivity contribution in [3.63, 3.8) is 0 Å². The molecule has 0 aliphatic heterocycles. The lowest BCUT2D eigenvalue weighted by Crippen LogP contribution is -2.55. The van der Waals surface area contributed by atoms with Gasteiger partial charge in [0.25, 0.3) is 5.91 Å². The van der Waals surface area contributed by atoms with Crippen LogP contribution < -0.4 is 11.1 Å². The molecule has 4 heteroatoms. The zero-order valence-corrected chi connectivity index (χ0v) is 11.6. The fraction of sp³-hybridized carbons (Fsp3) is 0.625. The highest BCUT2D eigenvalue weighted by molar-refractivity contribution is 5.97. The van der Waals surface area contributed by atoms with E-state index in [-0.39, 0.29) is 5.91 Å². The SMILES string of the molecule is Nc1cccnc1C(=O)NC1C2CC3CC(C2)CC1C3. The van der Waals surface area contributed by atoms with Gasteiger partial charge in [0.2, 0.25) is 0 Å². The second-order valence-corrected chi connectivity index (χ2v) is 6.87. The van der Waals surface area contributed by atoms with Crippen molar-refractivity contribution in [2.45, 2.75) is 38.1 Å². The molecule has 3 N–H and O–H groups in total. The van der Waals surface area contributed by atoms with E-state index in [1.54, 1.807) is 18.3 Å². The first kappa shape index (κ1) is 12.2. The second kappa shape index (κ2) is 4.47. The van der Waals surface area contributed by atoms with E-state index < -0.39 is 0 Å². The van der Waals surface area contributed by atoms with Gasteiger partial charge in [-0.15, -0.1) is 0 Å². The summed E-state index contributed by atoms with van der Waals surface area (Å²) in [5.74, 6) is 3.11. The quantitative estimate of drug-likeness (QED) is 0.866. The molecule has 4 fully saturated rings. The Labute approximate surface area is 119 Å². The number of nitrogens with zero attached hydrogens (tertiary/aromatic N) is 1. The van der Waals surface area contributed by atoms with Crippen molar-refractivity contribution in [1.29, 1.82) is 0 Å². The van der Waals surface area contributed by atoms with E-state index >= 15 is 0 Å². The van der Waals surface area contributed by atoms with Crippen LogP contribution in [0.4, 0.5) is 5.69 Å². The van der Waals surface area contributed by atoms with Gasteiger partial charge >= 0.3 is 0 Å². The molecule has 4 aliphatic carbocycles. The van der Waals surface area contributed by atoms with Crippen LogP contribution in [0, 0.1) is 23.7 Å². The molecule has 1 amide bonds. The van der Waals surface area contributed by atoms with Crippen LogP contribution in [0.2, 0.25) is 0 Å². The van der Waals surface area contributed by atoms with Gasteiger partial charge in [-0.05, 0) is 67.9 Å². The minimum absolute atomic E-state index is 0.0967. The van der Waals surface area contributed by atoms with Gasteiger partial charge in [0.15, 0.2) is 5.69 Å². The Kier molecular flexibility index (Phi) is 2.72. The summed E-state index contributed by atoms with van der Waals surface area (Å²) in [5.41, 5.74) is 6.69. The molecular weight excluding hydrogens is 250 g/mol. The van der Waals surface area contributed by atoms with E-state index in [4.69, 9.17) is 5.73 Å². The van der Waals surface area contributed by atoms with Crippen molar-refractivity contribution in [2.75, 3.05) is 5.73 Å². The molecule has 4 aliphatic rings. The van der Waals surface area contributed by atoms with Gasteiger partial charge < -0.3 is 11.1 Å². The normalized spacial score (nSPS) is 37.9. The molecule has 1 heterocycles. The van der Waals surface area contributed by atoms with Crippen LogP contribution in [-0.4, -0.2) is 16.9 Å². The Morgan fingerprint density at radius 1 is 1.15 bits per heavy atom. The number of carbonyl (C=O) groups excluding carboxylic acids is 1. The Morgan fingerprint density at radius 2 is 1.80 bits per heavy atom. The largest absolute Gasteiger partial charge is 0.397 e. The fourth-order valence-corrected chi connectivity index (χ4v) is 4.99. The van der Waals surface area contributed by atoms with E-state index in [2.05, 4.69) is 10.3 Å². The minimum Gasteiger partial charge on any atom is -0.397 e. The molecular formula is C16H21N3O. The molecule has 0 saturated heterocycles. The Morgan fingerprint density at radius 3 is 2.40 bits per heavy atom. The number of hydrogen-bond donors (Lipinski definition) is 2. The van der Waals surface area contributed by atoms with Crippen molar-refractivity contribution >= 4 is 11.6 Å². The maximum absolute atomic E-state index is 12.4. The smallest absolute Gasteiger partial charge is 0.272 e. The molecule has 4 nitrogen and oxygen atoms in total. The lowest BCUT2D eigenvalue weighted by atomic mass is 9.54. The van der Waals surface area contributed by atoms with Crippen LogP contribution >= 0.6 is 0 Å². The minimum atomic E-state index is -0.0967. The first-order valence-corrected chi connectivity index (χ1v) is 7.72. The topological polar surface area (TPSA) is 68.0 Å². The van der Waals surface area contributed by atoms with Crippen LogP contribution in [0.25, 0.3) is 0 Å². The summed E-state index contributed by atoms with van der Waals surface area (Å²) < 4.78 is 0. The Bertz CT molecular complexity index is 514. The van der Waals surface area contributed by atoms with E-state index in [1.807, 2.05) is 0 Å². The van der Waals surface area contributed by atoms with Crippen LogP contribution in [0.3, 0.4) is 0 Å². The number of carbonyl (C=O) groups is 1. The number of anilines is 1. The number of rotatable bonds is 2. The number of amides is 1. The number of pyridine rings is 1. The van der Waals surface area contributed by atoms with Crippen LogP contribution in [0.1, 0.15) is 42.6 Å². The molecule has 5 rings (SSSR count). The lowest BCUT2D eigenvalue weighted by molar-refractivity contribution is -0.0120. The fourth-order valence-electron chi connectivity index (χ4n) is 4.99. The molecule has 0 aromatic carbocycles. The summed E-state index contributed by atoms with van der Waals surface area (Å²) in [7, 11) is 0. The molecule has 4 saturated carbocycles. The van der Waals surface area contributed by atoms with E-state index in [1.165, 1.54) is 32.1 Å². The Hall–Kier alpha value is -1.58. The molecule has 4 bridgehead atoms. The summed E-state index contributed by atoms with van der Waals surface area (Å²) in [5, 5.41) is 3.24. The van der Waals surface area contributed by atoms with Gasteiger partial charge in [-0.1, -0.05) is 0 Å². The van der Waals surface area contributed by atoms with Crippen molar-refractivity contribution in [1.82, 2.24) is 10.3 Å². The van der Waals surface area contributed by atoms with E-state index in [9.17, 15) is 4.79 Å². The van der Waals surface area contributed by atoms with Crippen molar-refractivity contribution < 1.29 is 4.79 Å². The highest BCUT2D eigenvalue weighted by atomic mass is 16.2. The number of nitrogens with two attached hydrogens (primary N) is 1. The number of nitrogens with one attached hydrogen (secondary N) is 1. The number of aromatic nitrogens is 1. The monoisotopic (exact) mass is 271 g/mol. The van der Waals surface area contributed by atoms with Gasteiger partial charge in [0.1, 0.15) is 0 Å². The predicted molar refractivity (Wildman–Crippen MR) is 76.9 cm³/mol. The molecule has 0 radical (unpaired) electrons. The molecule has 20 heavy (non-hydrogen) atoms. The maximum Gasteiger partial charge on any atom is 0.272 e. The summed E-state index contributed by atoms with van der Waals surface area (Å²) in [6, 6.07) is 3.84. The van der Waals surface area contributed by atoms with Gasteiger partial charge in [0, 0.05) is 12.2 Å². The summed E-state index contributed by atoms with van der Waals surface area (Å²) >= 11 is 0. The first-order valence-electron chi connectivity index (χ1n) is 7.72. The predicted octanol–water partition coefficient (Wildman–Crippen LogP) is 2.22. The van der Waals surface area contributed by atoms with Crippen molar-refractivity contribution in [3.8, 4) is 0 Å². The summed E-state index contributed by atoms with van der Waals surface area (Å²) in [6.07, 6.45) is 8.26. The molecule has 0 atom stereocenters. The van der Waals surface area contributed by atoms with E-state index in [0.29, 0.717) is 29.3 Å². The third-order valence-electron chi connectivity index (χ3n) is 5.58. The number of nitrogen functional groups attached to an aromatic ring is 1. The van der Waals surface area contributed by atoms with E-state index in [0.717, 1.165) is 11.8 Å². The third kappa shape index (κ3) is 1.89. The number of hydrogen-bond acceptors (Lipinski definition) is 3. The second-order valence-electron chi connectivity index (χ2n) is 6.87. The molecule has 0 unspecified atom stereocenters. The lowest BCUT2D eigenvalue weighted by Gasteiger charge is -2.54. The summed E-state index contributed by atoms with van der Waals surface area (Å²) in [6.45, 7) is 0. The molecule has 1 aromatic rings. The molecule has 1 aromatic heterocycles.